The van der Waals surface area contributed by atoms with Crippen LogP contribution in [-0.4, -0.2) is 74.4 Å². The number of aliphatic hydroxyl groups excluding tert-OH is 3. The second kappa shape index (κ2) is 9.98. The molecule has 8 nitrogen and oxygen atoms in total. The van der Waals surface area contributed by atoms with Crippen molar-refractivity contribution >= 4 is 5.97 Å². The van der Waals surface area contributed by atoms with E-state index in [1.165, 1.54) is 5.57 Å². The maximum atomic E-state index is 13.0. The molecule has 4 saturated carbocycles. The van der Waals surface area contributed by atoms with Gasteiger partial charge in [0.1, 0.15) is 18.3 Å². The van der Waals surface area contributed by atoms with Crippen LogP contribution in [0.3, 0.4) is 0 Å². The molecule has 0 aromatic rings. The van der Waals surface area contributed by atoms with Gasteiger partial charge in [-0.1, -0.05) is 53.2 Å². The first kappa shape index (κ1) is 31.9. The number of ether oxygens (including phenoxy) is 2. The topological polar surface area (TPSA) is 137 Å². The number of allylic oxidation sites excluding steroid dienone is 1. The zero-order valence-electron chi connectivity index (χ0n) is 27.3. The van der Waals surface area contributed by atoms with Crippen molar-refractivity contribution in [3.05, 3.63) is 11.6 Å². The maximum absolute atomic E-state index is 13.0. The lowest BCUT2D eigenvalue weighted by atomic mass is 9.33. The van der Waals surface area contributed by atoms with Gasteiger partial charge in [0.15, 0.2) is 6.29 Å². The van der Waals surface area contributed by atoms with Crippen molar-refractivity contribution in [1.82, 2.24) is 0 Å². The molecule has 14 atom stereocenters. The fourth-order valence-electron chi connectivity index (χ4n) is 12.1. The summed E-state index contributed by atoms with van der Waals surface area (Å²) in [5, 5.41) is 53.4. The van der Waals surface area contributed by atoms with Crippen LogP contribution in [0.25, 0.3) is 0 Å². The Hall–Kier alpha value is -1.03. The number of fused-ring (bicyclic) bond motifs is 7. The molecule has 244 valence electrons. The summed E-state index contributed by atoms with van der Waals surface area (Å²) in [6, 6.07) is 0. The fraction of sp³-hybridized carbons (Fsp3) is 0.914. The Balaban J connectivity index is 1.33. The van der Waals surface area contributed by atoms with E-state index in [0.29, 0.717) is 24.7 Å². The van der Waals surface area contributed by atoms with Crippen LogP contribution in [0, 0.1) is 50.7 Å². The number of hydrogen-bond donors (Lipinski definition) is 5. The van der Waals surface area contributed by atoms with Crippen molar-refractivity contribution in [1.29, 1.82) is 0 Å². The number of aliphatic hydroxyl groups is 4. The van der Waals surface area contributed by atoms with Gasteiger partial charge in [-0.05, 0) is 104 Å². The van der Waals surface area contributed by atoms with Gasteiger partial charge < -0.3 is 35.0 Å². The molecule has 1 heterocycles. The SMILES string of the molecule is C[C@@H]1CC[C@]2(C(=O)O)CC[C@]3(C)C(=CC[C@@H]4[C@@]5(C)CC[C@H](O[C@H]6OC[C@H](O)[C@H](O)[C@H]6O)C(C)(C)[C@@H]5CC[C@]43C)[C@@H]2[C@]1(C)O. The highest BCUT2D eigenvalue weighted by molar-refractivity contribution is 5.77. The number of hydrogen-bond acceptors (Lipinski definition) is 7. The molecule has 0 amide bonds. The standard InChI is InChI=1S/C35H56O8/c1-19-10-15-35(29(39)40)17-16-32(5)20(27(35)34(19,7)41)8-9-23-31(4)13-12-24(30(2,3)22(31)11-14-33(23,32)6)43-28-26(38)25(37)21(36)18-42-28/h8,19,21-28,36-38,41H,9-18H2,1-7H3,(H,39,40)/t19-,21+,22+,23-,24+,25+,26-,27-,28-,31+,32-,33-,34-,35+/m1/s1. The second-order valence-corrected chi connectivity index (χ2v) is 17.1. The van der Waals surface area contributed by atoms with Crippen LogP contribution in [0.1, 0.15) is 106 Å². The largest absolute Gasteiger partial charge is 0.481 e. The van der Waals surface area contributed by atoms with Gasteiger partial charge in [0.2, 0.25) is 0 Å². The average molecular weight is 605 g/mol. The number of carboxylic acids is 1. The van der Waals surface area contributed by atoms with E-state index >= 15 is 0 Å². The molecule has 0 radical (unpaired) electrons. The summed E-state index contributed by atoms with van der Waals surface area (Å²) in [6.07, 6.45) is 5.06. The third-order valence-electron chi connectivity index (χ3n) is 15.2. The summed E-state index contributed by atoms with van der Waals surface area (Å²) >= 11 is 0. The minimum Gasteiger partial charge on any atom is -0.481 e. The molecule has 0 aromatic heterocycles. The van der Waals surface area contributed by atoms with Crippen LogP contribution in [0.15, 0.2) is 11.6 Å². The summed E-state index contributed by atoms with van der Waals surface area (Å²) in [5.74, 6) is -0.306. The van der Waals surface area contributed by atoms with Crippen LogP contribution < -0.4 is 0 Å². The molecular weight excluding hydrogens is 548 g/mol. The summed E-state index contributed by atoms with van der Waals surface area (Å²) < 4.78 is 12.1. The van der Waals surface area contributed by atoms with Crippen molar-refractivity contribution in [2.75, 3.05) is 6.61 Å². The first-order chi connectivity index (χ1) is 19.9. The summed E-state index contributed by atoms with van der Waals surface area (Å²) in [7, 11) is 0. The van der Waals surface area contributed by atoms with Gasteiger partial charge in [-0.15, -0.1) is 0 Å². The van der Waals surface area contributed by atoms with Gasteiger partial charge in [-0.25, -0.2) is 0 Å². The zero-order chi connectivity index (χ0) is 31.5. The van der Waals surface area contributed by atoms with E-state index in [-0.39, 0.29) is 46.2 Å². The maximum Gasteiger partial charge on any atom is 0.310 e. The fourth-order valence-corrected chi connectivity index (χ4v) is 12.1. The third-order valence-corrected chi connectivity index (χ3v) is 15.2. The molecule has 5 aliphatic carbocycles. The normalized spacial score (nSPS) is 56.1. The zero-order valence-corrected chi connectivity index (χ0v) is 27.3. The first-order valence-corrected chi connectivity index (χ1v) is 16.9. The quantitative estimate of drug-likeness (QED) is 0.232. The predicted octanol–water partition coefficient (Wildman–Crippen LogP) is 4.67. The highest BCUT2D eigenvalue weighted by Crippen LogP contribution is 2.76. The van der Waals surface area contributed by atoms with Crippen LogP contribution in [-0.2, 0) is 14.3 Å². The molecule has 43 heavy (non-hydrogen) atoms. The van der Waals surface area contributed by atoms with Crippen molar-refractivity contribution < 1.29 is 39.8 Å². The first-order valence-electron chi connectivity index (χ1n) is 16.9. The lowest BCUT2D eigenvalue weighted by Gasteiger charge is -2.72. The molecule has 5 N–H and O–H groups in total. The van der Waals surface area contributed by atoms with Crippen LogP contribution in [0.2, 0.25) is 0 Å². The highest BCUT2D eigenvalue weighted by Gasteiger charge is 2.71. The molecule has 1 saturated heterocycles. The second-order valence-electron chi connectivity index (χ2n) is 17.1. The number of aliphatic carboxylic acids is 1. The molecule has 0 spiro atoms. The van der Waals surface area contributed by atoms with Crippen molar-refractivity contribution in [2.24, 2.45) is 50.7 Å². The van der Waals surface area contributed by atoms with Gasteiger partial charge >= 0.3 is 5.97 Å². The monoisotopic (exact) mass is 604 g/mol. The van der Waals surface area contributed by atoms with Gasteiger partial charge in [0.25, 0.3) is 0 Å². The third kappa shape index (κ3) is 4.11. The van der Waals surface area contributed by atoms with E-state index in [2.05, 4.69) is 47.6 Å². The summed E-state index contributed by atoms with van der Waals surface area (Å²) in [4.78, 5) is 13.0. The van der Waals surface area contributed by atoms with E-state index < -0.39 is 41.6 Å². The minimum absolute atomic E-state index is 0.0313. The van der Waals surface area contributed by atoms with Crippen molar-refractivity contribution in [2.45, 2.75) is 143 Å². The molecule has 0 unspecified atom stereocenters. The van der Waals surface area contributed by atoms with E-state index in [1.807, 2.05) is 6.92 Å². The lowest BCUT2D eigenvalue weighted by molar-refractivity contribution is -0.308. The Bertz CT molecular complexity index is 1160. The lowest BCUT2D eigenvalue weighted by Crippen LogP contribution is -2.68. The van der Waals surface area contributed by atoms with Crippen molar-refractivity contribution in [3.63, 3.8) is 0 Å². The van der Waals surface area contributed by atoms with Crippen LogP contribution in [0.5, 0.6) is 0 Å². The van der Waals surface area contributed by atoms with Crippen molar-refractivity contribution in [3.8, 4) is 0 Å². The van der Waals surface area contributed by atoms with Gasteiger partial charge in [0, 0.05) is 5.92 Å². The smallest absolute Gasteiger partial charge is 0.310 e. The molecule has 0 aromatic carbocycles. The number of carbonyl (C=O) groups is 1. The molecule has 6 rings (SSSR count). The Morgan fingerprint density at radius 1 is 0.907 bits per heavy atom. The molecule has 0 bridgehead atoms. The minimum atomic E-state index is -1.30. The summed E-state index contributed by atoms with van der Waals surface area (Å²) in [6.45, 7) is 15.8. The van der Waals surface area contributed by atoms with E-state index in [1.54, 1.807) is 0 Å². The average Bonchev–Trinajstić information content (AvgIpc) is 2.92. The predicted molar refractivity (Wildman–Crippen MR) is 161 cm³/mol. The van der Waals surface area contributed by atoms with Gasteiger partial charge in [-0.3, -0.25) is 4.79 Å². The summed E-state index contributed by atoms with van der Waals surface area (Å²) in [5.41, 5.74) is -1.16. The Kier molecular flexibility index (Phi) is 7.41. The highest BCUT2D eigenvalue weighted by atomic mass is 16.7. The number of carboxylic acid groups (broad SMARTS) is 1. The molecular formula is C35H56O8. The van der Waals surface area contributed by atoms with E-state index in [4.69, 9.17) is 9.47 Å². The molecule has 1 aliphatic heterocycles. The van der Waals surface area contributed by atoms with E-state index in [9.17, 15) is 30.3 Å². The Labute approximate surface area is 257 Å². The molecule has 6 aliphatic rings. The van der Waals surface area contributed by atoms with Gasteiger partial charge in [-0.2, -0.15) is 0 Å². The van der Waals surface area contributed by atoms with Crippen LogP contribution in [0.4, 0.5) is 0 Å². The van der Waals surface area contributed by atoms with Gasteiger partial charge in [0.05, 0.1) is 23.7 Å². The molecule has 8 heteroatoms. The van der Waals surface area contributed by atoms with Crippen LogP contribution >= 0.6 is 0 Å². The Morgan fingerprint density at radius 2 is 1.60 bits per heavy atom. The number of rotatable bonds is 3. The Morgan fingerprint density at radius 3 is 2.28 bits per heavy atom. The molecule has 5 fully saturated rings. The van der Waals surface area contributed by atoms with E-state index in [0.717, 1.165) is 44.9 Å².